The first kappa shape index (κ1) is 10.7. The Balaban J connectivity index is 2.23. The number of furan rings is 1. The third-order valence-electron chi connectivity index (χ3n) is 2.30. The molecule has 0 aliphatic rings. The van der Waals surface area contributed by atoms with Crippen molar-refractivity contribution >= 4 is 16.9 Å². The highest BCUT2D eigenvalue weighted by molar-refractivity contribution is 5.96. The van der Waals surface area contributed by atoms with Gasteiger partial charge in [0.05, 0.1) is 6.61 Å². The van der Waals surface area contributed by atoms with Gasteiger partial charge in [-0.1, -0.05) is 18.2 Å². The lowest BCUT2D eigenvalue weighted by molar-refractivity contribution is 0.0896. The van der Waals surface area contributed by atoms with E-state index >= 15 is 0 Å². The first-order valence-electron chi connectivity index (χ1n) is 5.11. The maximum atomic E-state index is 11.7. The van der Waals surface area contributed by atoms with Gasteiger partial charge in [-0.05, 0) is 19.1 Å². The fraction of sp³-hybridized carbons (Fsp3) is 0.250. The second-order valence-electron chi connectivity index (χ2n) is 3.71. The van der Waals surface area contributed by atoms with E-state index in [2.05, 4.69) is 5.32 Å². The Morgan fingerprint density at radius 3 is 2.94 bits per heavy atom. The molecule has 2 rings (SSSR count). The van der Waals surface area contributed by atoms with Gasteiger partial charge in [-0.2, -0.15) is 0 Å². The largest absolute Gasteiger partial charge is 0.451 e. The zero-order chi connectivity index (χ0) is 11.5. The van der Waals surface area contributed by atoms with Crippen LogP contribution in [0.2, 0.25) is 0 Å². The molecular formula is C12H13NO3. The molecule has 4 heteroatoms. The standard InChI is InChI=1S/C12H13NO3/c1-8(7-14)13-12(15)11-6-9-4-2-3-5-10(9)16-11/h2-6,8,14H,7H2,1H3,(H,13,15). The van der Waals surface area contributed by atoms with Crippen LogP contribution >= 0.6 is 0 Å². The van der Waals surface area contributed by atoms with Crippen molar-refractivity contribution in [3.05, 3.63) is 36.1 Å². The Labute approximate surface area is 92.9 Å². The van der Waals surface area contributed by atoms with Crippen LogP contribution < -0.4 is 5.32 Å². The number of nitrogens with one attached hydrogen (secondary N) is 1. The van der Waals surface area contributed by atoms with Crippen molar-refractivity contribution in [1.82, 2.24) is 5.32 Å². The summed E-state index contributed by atoms with van der Waals surface area (Å²) < 4.78 is 5.38. The molecule has 16 heavy (non-hydrogen) atoms. The van der Waals surface area contributed by atoms with Gasteiger partial charge in [-0.25, -0.2) is 0 Å². The molecule has 2 aromatic rings. The van der Waals surface area contributed by atoms with Crippen LogP contribution in [0.25, 0.3) is 11.0 Å². The second kappa shape index (κ2) is 4.37. The number of aliphatic hydroxyl groups is 1. The predicted molar refractivity (Wildman–Crippen MR) is 60.2 cm³/mol. The third-order valence-corrected chi connectivity index (χ3v) is 2.30. The van der Waals surface area contributed by atoms with E-state index in [-0.39, 0.29) is 24.3 Å². The molecule has 1 aromatic carbocycles. The number of fused-ring (bicyclic) bond motifs is 1. The molecule has 1 atom stereocenters. The van der Waals surface area contributed by atoms with Crippen LogP contribution in [-0.4, -0.2) is 23.7 Å². The number of hydrogen-bond donors (Lipinski definition) is 2. The van der Waals surface area contributed by atoms with Crippen LogP contribution in [-0.2, 0) is 0 Å². The van der Waals surface area contributed by atoms with Gasteiger partial charge in [0.25, 0.3) is 5.91 Å². The van der Waals surface area contributed by atoms with Crippen molar-refractivity contribution in [2.24, 2.45) is 0 Å². The molecule has 1 unspecified atom stereocenters. The summed E-state index contributed by atoms with van der Waals surface area (Å²) in [6.07, 6.45) is 0. The zero-order valence-electron chi connectivity index (χ0n) is 8.93. The minimum absolute atomic E-state index is 0.0913. The number of aliphatic hydroxyl groups excluding tert-OH is 1. The van der Waals surface area contributed by atoms with E-state index in [1.54, 1.807) is 13.0 Å². The molecule has 0 spiro atoms. The van der Waals surface area contributed by atoms with Gasteiger partial charge in [0.1, 0.15) is 5.58 Å². The number of carbonyl (C=O) groups is 1. The predicted octanol–water partition coefficient (Wildman–Crippen LogP) is 1.54. The Morgan fingerprint density at radius 1 is 1.50 bits per heavy atom. The molecule has 1 heterocycles. The number of para-hydroxylation sites is 1. The number of amides is 1. The van der Waals surface area contributed by atoms with Gasteiger partial charge in [-0.15, -0.1) is 0 Å². The summed E-state index contributed by atoms with van der Waals surface area (Å²) in [6, 6.07) is 8.84. The zero-order valence-corrected chi connectivity index (χ0v) is 8.93. The number of benzene rings is 1. The van der Waals surface area contributed by atoms with Crippen molar-refractivity contribution < 1.29 is 14.3 Å². The van der Waals surface area contributed by atoms with E-state index in [0.717, 1.165) is 5.39 Å². The normalized spacial score (nSPS) is 12.6. The monoisotopic (exact) mass is 219 g/mol. The lowest BCUT2D eigenvalue weighted by Gasteiger charge is -2.08. The van der Waals surface area contributed by atoms with Crippen LogP contribution in [0, 0.1) is 0 Å². The first-order chi connectivity index (χ1) is 7.70. The van der Waals surface area contributed by atoms with Gasteiger partial charge >= 0.3 is 0 Å². The maximum Gasteiger partial charge on any atom is 0.287 e. The summed E-state index contributed by atoms with van der Waals surface area (Å²) in [5.74, 6) is -0.0424. The summed E-state index contributed by atoms with van der Waals surface area (Å²) >= 11 is 0. The molecule has 0 radical (unpaired) electrons. The summed E-state index contributed by atoms with van der Waals surface area (Å²) in [7, 11) is 0. The first-order valence-corrected chi connectivity index (χ1v) is 5.11. The molecule has 0 fully saturated rings. The van der Waals surface area contributed by atoms with Gasteiger partial charge in [0, 0.05) is 11.4 Å². The minimum atomic E-state index is -0.308. The smallest absolute Gasteiger partial charge is 0.287 e. The van der Waals surface area contributed by atoms with E-state index in [1.165, 1.54) is 0 Å². The summed E-state index contributed by atoms with van der Waals surface area (Å²) in [6.45, 7) is 1.63. The average molecular weight is 219 g/mol. The highest BCUT2D eigenvalue weighted by Gasteiger charge is 2.13. The van der Waals surface area contributed by atoms with Crippen LogP contribution in [0.1, 0.15) is 17.5 Å². The van der Waals surface area contributed by atoms with Crippen LogP contribution in [0.4, 0.5) is 0 Å². The summed E-state index contributed by atoms with van der Waals surface area (Å²) in [5.41, 5.74) is 0.685. The number of hydrogen-bond acceptors (Lipinski definition) is 3. The highest BCUT2D eigenvalue weighted by atomic mass is 16.3. The fourth-order valence-electron chi connectivity index (χ4n) is 1.43. The Bertz CT molecular complexity index is 471. The van der Waals surface area contributed by atoms with Crippen LogP contribution in [0.15, 0.2) is 34.7 Å². The molecule has 2 N–H and O–H groups in total. The topological polar surface area (TPSA) is 62.5 Å². The van der Waals surface area contributed by atoms with Crippen LogP contribution in [0.3, 0.4) is 0 Å². The summed E-state index contributed by atoms with van der Waals surface area (Å²) in [5, 5.41) is 12.3. The van der Waals surface area contributed by atoms with Crippen molar-refractivity contribution in [1.29, 1.82) is 0 Å². The highest BCUT2D eigenvalue weighted by Crippen LogP contribution is 2.18. The molecule has 0 aliphatic heterocycles. The van der Waals surface area contributed by atoms with Crippen LogP contribution in [0.5, 0.6) is 0 Å². The van der Waals surface area contributed by atoms with Crippen molar-refractivity contribution in [3.63, 3.8) is 0 Å². The molecule has 1 aromatic heterocycles. The SMILES string of the molecule is CC(CO)NC(=O)c1cc2ccccc2o1. The lowest BCUT2D eigenvalue weighted by Crippen LogP contribution is -2.34. The molecule has 1 amide bonds. The van der Waals surface area contributed by atoms with Gasteiger partial charge in [-0.3, -0.25) is 4.79 Å². The molecule has 84 valence electrons. The Kier molecular flexibility index (Phi) is 2.92. The minimum Gasteiger partial charge on any atom is -0.451 e. The number of carbonyl (C=O) groups excluding carboxylic acids is 1. The van der Waals surface area contributed by atoms with E-state index in [9.17, 15) is 4.79 Å². The van der Waals surface area contributed by atoms with Crippen molar-refractivity contribution in [2.45, 2.75) is 13.0 Å². The molecule has 0 saturated heterocycles. The van der Waals surface area contributed by atoms with Crippen molar-refractivity contribution in [2.75, 3.05) is 6.61 Å². The van der Waals surface area contributed by atoms with E-state index in [0.29, 0.717) is 5.58 Å². The van der Waals surface area contributed by atoms with Gasteiger partial charge < -0.3 is 14.8 Å². The molecule has 4 nitrogen and oxygen atoms in total. The number of rotatable bonds is 3. The van der Waals surface area contributed by atoms with E-state index in [1.807, 2.05) is 24.3 Å². The van der Waals surface area contributed by atoms with Crippen molar-refractivity contribution in [3.8, 4) is 0 Å². The lowest BCUT2D eigenvalue weighted by atomic mass is 10.2. The average Bonchev–Trinajstić information content (AvgIpc) is 2.72. The Hall–Kier alpha value is -1.81. The molecule has 0 saturated carbocycles. The second-order valence-corrected chi connectivity index (χ2v) is 3.71. The molecule has 0 bridgehead atoms. The molecule has 0 aliphatic carbocycles. The summed E-state index contributed by atoms with van der Waals surface area (Å²) in [4.78, 5) is 11.7. The fourth-order valence-corrected chi connectivity index (χ4v) is 1.43. The van der Waals surface area contributed by atoms with E-state index < -0.39 is 0 Å². The van der Waals surface area contributed by atoms with Gasteiger partial charge in [0.15, 0.2) is 5.76 Å². The van der Waals surface area contributed by atoms with Gasteiger partial charge in [0.2, 0.25) is 0 Å². The molecular weight excluding hydrogens is 206 g/mol. The van der Waals surface area contributed by atoms with E-state index in [4.69, 9.17) is 9.52 Å². The maximum absolute atomic E-state index is 11.7. The quantitative estimate of drug-likeness (QED) is 0.823. The third kappa shape index (κ3) is 2.06. The Morgan fingerprint density at radius 2 is 2.25 bits per heavy atom.